The summed E-state index contributed by atoms with van der Waals surface area (Å²) < 4.78 is 0. The van der Waals surface area contributed by atoms with Crippen molar-refractivity contribution in [3.63, 3.8) is 0 Å². The Morgan fingerprint density at radius 2 is 0.732 bits per heavy atom. The van der Waals surface area contributed by atoms with Gasteiger partial charge in [-0.1, -0.05) is 188 Å². The minimum absolute atomic E-state index is 0. The van der Waals surface area contributed by atoms with E-state index in [1.54, 1.807) is 0 Å². The first kappa shape index (κ1) is 51.4. The van der Waals surface area contributed by atoms with Crippen LogP contribution >= 0.6 is 0 Å². The summed E-state index contributed by atoms with van der Waals surface area (Å²) in [5, 5.41) is 0. The zero-order valence-corrected chi connectivity index (χ0v) is 46.9. The maximum absolute atomic E-state index is 5.11. The van der Waals surface area contributed by atoms with Crippen LogP contribution in [0.5, 0.6) is 0 Å². The third kappa shape index (κ3) is 10.3. The molecule has 1 aliphatic heterocycles. The Bertz CT molecular complexity index is 4340. The van der Waals surface area contributed by atoms with Crippen molar-refractivity contribution in [2.45, 2.75) is 0 Å². The minimum Gasteiger partial charge on any atom is -0.493 e. The number of hydrogen-bond acceptors (Lipinski definition) is 4. The van der Waals surface area contributed by atoms with E-state index in [1.165, 1.54) is 11.1 Å². The van der Waals surface area contributed by atoms with Crippen LogP contribution in [0, 0.1) is 24.9 Å². The van der Waals surface area contributed by atoms with E-state index in [0.29, 0.717) is 0 Å². The molecule has 0 aliphatic carbocycles. The summed E-state index contributed by atoms with van der Waals surface area (Å²) in [6, 6.07) is 111. The Morgan fingerprint density at radius 3 is 1.26 bits per heavy atom. The van der Waals surface area contributed by atoms with E-state index < -0.39 is 0 Å². The molecule has 13 aromatic rings. The zero-order chi connectivity index (χ0) is 53.9. The van der Waals surface area contributed by atoms with Crippen LogP contribution in [0.25, 0.3) is 112 Å². The second-order valence-electron chi connectivity index (χ2n) is 20.2. The van der Waals surface area contributed by atoms with Gasteiger partial charge in [0.1, 0.15) is 0 Å². The molecule has 3 heterocycles. The van der Waals surface area contributed by atoms with E-state index in [9.17, 15) is 0 Å². The van der Waals surface area contributed by atoms with Crippen molar-refractivity contribution in [2.75, 3.05) is 9.80 Å². The molecule has 0 saturated carbocycles. The van der Waals surface area contributed by atoms with Crippen LogP contribution in [0.1, 0.15) is 0 Å². The van der Waals surface area contributed by atoms with E-state index in [4.69, 9.17) is 9.97 Å². The van der Waals surface area contributed by atoms with Gasteiger partial charge in [-0.2, -0.15) is 18.2 Å². The van der Waals surface area contributed by atoms with Gasteiger partial charge in [0.25, 0.3) is 0 Å². The van der Waals surface area contributed by atoms with E-state index >= 15 is 0 Å². The van der Waals surface area contributed by atoms with Gasteiger partial charge in [-0.05, 0) is 126 Å². The van der Waals surface area contributed by atoms with Crippen LogP contribution in [-0.4, -0.2) is 9.97 Å². The molecule has 0 atom stereocenters. The SMILES string of the molecule is [Ir].[c-]1ccccc1-c1ccc(-c2ccccc2-c2cc(-c3ccccc3-c3c[c-]c(N4[CH-]N(c5ccccc5)c5ccccc54)cc3)cc(-c3ccccc3-c3ccc(-c4[c-]ccc(-c5ccc(-c6ccccc6)cc5)c4)nc3)c2)cn1. The van der Waals surface area contributed by atoms with Crippen molar-refractivity contribution in [1.82, 2.24) is 9.97 Å². The summed E-state index contributed by atoms with van der Waals surface area (Å²) in [4.78, 5) is 14.5. The van der Waals surface area contributed by atoms with Gasteiger partial charge in [0.05, 0.1) is 0 Å². The quantitative estimate of drug-likeness (QED) is 0.114. The van der Waals surface area contributed by atoms with Crippen LogP contribution in [-0.2, 0) is 20.1 Å². The molecule has 2 aromatic heterocycles. The minimum atomic E-state index is 0. The van der Waals surface area contributed by atoms with Crippen molar-refractivity contribution < 1.29 is 20.1 Å². The van der Waals surface area contributed by atoms with Gasteiger partial charge < -0.3 is 19.8 Å². The first-order valence-electron chi connectivity index (χ1n) is 27.3. The average Bonchev–Trinajstić information content (AvgIpc) is 4.14. The van der Waals surface area contributed by atoms with Gasteiger partial charge in [0.15, 0.2) is 0 Å². The van der Waals surface area contributed by atoms with Crippen LogP contribution in [0.3, 0.4) is 0 Å². The third-order valence-electron chi connectivity index (χ3n) is 15.2. The van der Waals surface area contributed by atoms with Gasteiger partial charge in [-0.25, -0.2) is 0 Å². The molecular formula is C77H50IrN4-4. The summed E-state index contributed by atoms with van der Waals surface area (Å²) in [5.74, 6) is 0. The average molecular weight is 1220 g/mol. The number of anilines is 4. The first-order valence-corrected chi connectivity index (χ1v) is 27.3. The van der Waals surface area contributed by atoms with Crippen molar-refractivity contribution in [3.8, 4) is 112 Å². The Labute approximate surface area is 493 Å². The molecule has 391 valence electrons. The molecule has 5 heteroatoms. The summed E-state index contributed by atoms with van der Waals surface area (Å²) >= 11 is 0. The maximum Gasteiger partial charge on any atom is 0.0344 e. The number of hydrogen-bond donors (Lipinski definition) is 0. The van der Waals surface area contributed by atoms with Crippen LogP contribution in [0.4, 0.5) is 22.7 Å². The van der Waals surface area contributed by atoms with E-state index in [0.717, 1.165) is 123 Å². The number of pyridine rings is 2. The summed E-state index contributed by atoms with van der Waals surface area (Å²) in [6.07, 6.45) is 3.98. The molecule has 11 aromatic carbocycles. The molecule has 0 bridgehead atoms. The third-order valence-corrected chi connectivity index (χ3v) is 15.2. The fourth-order valence-electron chi connectivity index (χ4n) is 11.1. The van der Waals surface area contributed by atoms with Gasteiger partial charge in [-0.3, -0.25) is 0 Å². The number of nitrogens with zero attached hydrogens (tertiary/aromatic N) is 4. The van der Waals surface area contributed by atoms with Gasteiger partial charge in [-0.15, -0.1) is 95.3 Å². The molecule has 0 saturated heterocycles. The molecule has 0 unspecified atom stereocenters. The summed E-state index contributed by atoms with van der Waals surface area (Å²) in [7, 11) is 0. The Hall–Kier alpha value is -10.0. The Kier molecular flexibility index (Phi) is 14.4. The smallest absolute Gasteiger partial charge is 0.0344 e. The summed E-state index contributed by atoms with van der Waals surface area (Å²) in [5.41, 5.74) is 25.7. The van der Waals surface area contributed by atoms with E-state index in [1.807, 2.05) is 48.8 Å². The molecule has 82 heavy (non-hydrogen) atoms. The molecule has 0 N–H and O–H groups in total. The molecule has 1 radical (unpaired) electrons. The Balaban J connectivity index is 0.00000631. The van der Waals surface area contributed by atoms with Crippen molar-refractivity contribution in [2.24, 2.45) is 0 Å². The van der Waals surface area contributed by atoms with Crippen molar-refractivity contribution in [3.05, 3.63) is 322 Å². The predicted octanol–water partition coefficient (Wildman–Crippen LogP) is 20.0. The van der Waals surface area contributed by atoms with Gasteiger partial charge in [0, 0.05) is 49.6 Å². The second-order valence-corrected chi connectivity index (χ2v) is 20.2. The van der Waals surface area contributed by atoms with Crippen LogP contribution in [0.2, 0.25) is 0 Å². The van der Waals surface area contributed by atoms with Crippen LogP contribution < -0.4 is 9.80 Å². The van der Waals surface area contributed by atoms with Gasteiger partial charge >= 0.3 is 0 Å². The molecule has 14 rings (SSSR count). The predicted molar refractivity (Wildman–Crippen MR) is 334 cm³/mol. The second kappa shape index (κ2) is 23.0. The van der Waals surface area contributed by atoms with Gasteiger partial charge in [0.2, 0.25) is 0 Å². The molecule has 0 fully saturated rings. The van der Waals surface area contributed by atoms with Crippen molar-refractivity contribution in [1.29, 1.82) is 0 Å². The van der Waals surface area contributed by atoms with Crippen molar-refractivity contribution >= 4 is 22.7 Å². The number of fused-ring (bicyclic) bond motifs is 1. The van der Waals surface area contributed by atoms with Crippen LogP contribution in [0.15, 0.2) is 298 Å². The topological polar surface area (TPSA) is 32.3 Å². The molecule has 0 spiro atoms. The normalized spacial score (nSPS) is 11.7. The molecule has 4 nitrogen and oxygen atoms in total. The summed E-state index contributed by atoms with van der Waals surface area (Å²) in [6.45, 7) is 2.16. The number of benzene rings is 11. The van der Waals surface area contributed by atoms with E-state index in [2.05, 4.69) is 283 Å². The molecule has 0 amide bonds. The number of rotatable bonds is 12. The molecular weight excluding hydrogens is 1170 g/mol. The fraction of sp³-hybridized carbons (Fsp3) is 0. The van der Waals surface area contributed by atoms with E-state index in [-0.39, 0.29) is 20.1 Å². The fourth-order valence-corrected chi connectivity index (χ4v) is 11.1. The standard InChI is InChI=1S/C77H50N4.Ir/c1-4-19-54(20-5-1)55-35-37-56(38-36-55)59-23-18-24-60(47-59)75-46-42-62(52-79-75)70-29-12-15-32-73(70)65-49-63(48-64(50-65)72-31-14-11-28-69(72)61-41-45-74(78-51-61)58-21-6-2-7-22-58)71-30-13-10-27-68(71)57-39-43-67(44-40-57)81-53-80(66-25-8-3-9-26-66)76-33-16-17-34-77(76)81;/h1-21,23,25-43,45-53H;/q-4;. The molecule has 1 aliphatic rings. The first-order chi connectivity index (χ1) is 40.1. The maximum atomic E-state index is 5.11. The largest absolute Gasteiger partial charge is 0.493 e. The monoisotopic (exact) mass is 1220 g/mol. The number of aromatic nitrogens is 2. The zero-order valence-electron chi connectivity index (χ0n) is 44.5. The Morgan fingerprint density at radius 1 is 0.293 bits per heavy atom. The number of para-hydroxylation sites is 3.